The summed E-state index contributed by atoms with van der Waals surface area (Å²) in [6, 6.07) is 14.3. The van der Waals surface area contributed by atoms with Crippen molar-refractivity contribution < 1.29 is 0 Å². The van der Waals surface area contributed by atoms with Crippen LogP contribution >= 0.6 is 0 Å². The van der Waals surface area contributed by atoms with Gasteiger partial charge in [-0.15, -0.1) is 0 Å². The Hall–Kier alpha value is 0.0374. The van der Waals surface area contributed by atoms with Gasteiger partial charge in [0.15, 0.2) is 0 Å². The zero-order valence-electron chi connectivity index (χ0n) is 15.5. The van der Waals surface area contributed by atoms with E-state index in [4.69, 9.17) is 0 Å². The second-order valence-electron chi connectivity index (χ2n) is 8.60. The van der Waals surface area contributed by atoms with Crippen molar-refractivity contribution in [3.05, 3.63) is 47.5 Å². The first-order valence-corrected chi connectivity index (χ1v) is 28.2. The molecular weight excluding hydrogens is 478 g/mol. The van der Waals surface area contributed by atoms with Crippen LogP contribution in [0.1, 0.15) is 11.1 Å². The van der Waals surface area contributed by atoms with E-state index in [0.717, 1.165) is 0 Å². The van der Waals surface area contributed by atoms with Crippen LogP contribution in [0, 0.1) is 13.8 Å². The zero-order valence-corrected chi connectivity index (χ0v) is 21.2. The molecule has 118 valence electrons. The molecule has 0 saturated carbocycles. The van der Waals surface area contributed by atoms with E-state index in [1.165, 1.54) is 22.3 Å². The van der Waals surface area contributed by atoms with E-state index in [9.17, 15) is 0 Å². The second kappa shape index (κ2) is 6.50. The van der Waals surface area contributed by atoms with E-state index in [1.54, 1.807) is 7.16 Å². The van der Waals surface area contributed by atoms with E-state index in [-0.39, 0.29) is 0 Å². The van der Waals surface area contributed by atoms with Gasteiger partial charge in [0.05, 0.1) is 0 Å². The topological polar surface area (TPSA) is 0 Å². The quantitative estimate of drug-likeness (QED) is 0.510. The summed E-state index contributed by atoms with van der Waals surface area (Å²) in [4.78, 5) is 15.2. The second-order valence-corrected chi connectivity index (χ2v) is 37.4. The van der Waals surface area contributed by atoms with Crippen molar-refractivity contribution in [2.45, 2.75) is 43.5 Å². The Labute approximate surface area is 145 Å². The minimum absolute atomic E-state index is 1.38. The van der Waals surface area contributed by atoms with Crippen molar-refractivity contribution in [1.29, 1.82) is 0 Å². The monoisotopic (exact) mass is 510 g/mol. The van der Waals surface area contributed by atoms with E-state index in [1.807, 2.05) is 0 Å². The Morgan fingerprint density at radius 2 is 1.05 bits per heavy atom. The Morgan fingerprint density at radius 1 is 0.545 bits per heavy atom. The number of aryl methyl sites for hydroxylation is 2. The normalized spacial score (nSPS) is 12.5. The molecule has 0 unspecified atom stereocenters. The maximum atomic E-state index is 2.53. The number of benzene rings is 2. The standard InChI is InChI=1S/C14H12.6CH3.2Sn/c1-11-6-8-13(9-7-11)14-5-3-4-12(2)10-14;;;;;;;;/h3-4,6-8,10H,1-2H3;6*1H3;;. The number of hydrogen-bond acceptors (Lipinski definition) is 0. The molecule has 0 bridgehead atoms. The molecule has 0 spiro atoms. The molecule has 0 aliphatic heterocycles. The summed E-state index contributed by atoms with van der Waals surface area (Å²) >= 11 is -4.29. The van der Waals surface area contributed by atoms with Gasteiger partial charge in [-0.05, 0) is 0 Å². The molecule has 22 heavy (non-hydrogen) atoms. The molecule has 0 amide bonds. The van der Waals surface area contributed by atoms with E-state index >= 15 is 0 Å². The number of hydrogen-bond donors (Lipinski definition) is 0. The van der Waals surface area contributed by atoms with Gasteiger partial charge < -0.3 is 0 Å². The molecule has 0 heterocycles. The molecule has 0 aromatic heterocycles. The molecule has 0 saturated heterocycles. The van der Waals surface area contributed by atoms with Crippen LogP contribution in [0.4, 0.5) is 0 Å². The predicted molar refractivity (Wildman–Crippen MR) is 107 cm³/mol. The Kier molecular flexibility index (Phi) is 5.43. The molecule has 0 nitrogen and oxygen atoms in total. The molecule has 0 aliphatic rings. The van der Waals surface area contributed by atoms with E-state index < -0.39 is 36.8 Å². The summed E-state index contributed by atoms with van der Waals surface area (Å²) in [6.45, 7) is 4.45. The predicted octanol–water partition coefficient (Wildman–Crippen LogP) is 5.06. The molecule has 2 aromatic carbocycles. The molecule has 0 aliphatic carbocycles. The van der Waals surface area contributed by atoms with Gasteiger partial charge >= 0.3 is 146 Å². The first-order valence-electron chi connectivity index (χ1n) is 8.23. The van der Waals surface area contributed by atoms with Crippen LogP contribution in [-0.2, 0) is 0 Å². The molecular formula is C20H30Sn2. The van der Waals surface area contributed by atoms with Crippen molar-refractivity contribution in [1.82, 2.24) is 0 Å². The van der Waals surface area contributed by atoms with E-state index in [0.29, 0.717) is 0 Å². The van der Waals surface area contributed by atoms with Gasteiger partial charge in [0.25, 0.3) is 0 Å². The van der Waals surface area contributed by atoms with Gasteiger partial charge in [0.1, 0.15) is 0 Å². The fourth-order valence-electron chi connectivity index (χ4n) is 3.05. The van der Waals surface area contributed by atoms with E-state index in [2.05, 4.69) is 79.9 Å². The SMILES string of the molecule is Cc1cc[c]([Sn]([CH3])([CH3])[CH3])c(-c2ccc(C)c[c]2[Sn]([CH3])([CH3])[CH3])c1. The van der Waals surface area contributed by atoms with Crippen LogP contribution < -0.4 is 7.16 Å². The first kappa shape index (κ1) is 18.4. The van der Waals surface area contributed by atoms with Gasteiger partial charge in [0.2, 0.25) is 0 Å². The maximum absolute atomic E-state index is 2.53. The fraction of sp³-hybridized carbons (Fsp3) is 0.400. The molecule has 2 rings (SSSR count). The molecule has 0 radical (unpaired) electrons. The van der Waals surface area contributed by atoms with Crippen molar-refractivity contribution in [2.75, 3.05) is 0 Å². The summed E-state index contributed by atoms with van der Waals surface area (Å²) in [5, 5.41) is 0. The average molecular weight is 508 g/mol. The third-order valence-electron chi connectivity index (χ3n) is 4.26. The van der Waals surface area contributed by atoms with Crippen LogP contribution in [0.3, 0.4) is 0 Å². The molecule has 0 fully saturated rings. The number of rotatable bonds is 3. The van der Waals surface area contributed by atoms with Crippen molar-refractivity contribution >= 4 is 43.9 Å². The summed E-state index contributed by atoms with van der Waals surface area (Å²) in [5.41, 5.74) is 5.84. The summed E-state index contributed by atoms with van der Waals surface area (Å²) in [7, 11) is 0. The third-order valence-corrected chi connectivity index (χ3v) is 15.9. The van der Waals surface area contributed by atoms with Gasteiger partial charge in [0, 0.05) is 0 Å². The Morgan fingerprint density at radius 3 is 1.59 bits per heavy atom. The third kappa shape index (κ3) is 4.11. The van der Waals surface area contributed by atoms with Crippen molar-refractivity contribution in [3.8, 4) is 11.1 Å². The van der Waals surface area contributed by atoms with Crippen LogP contribution in [-0.4, -0.2) is 36.8 Å². The summed E-state index contributed by atoms with van der Waals surface area (Å²) < 4.78 is 3.34. The fourth-order valence-corrected chi connectivity index (χ4v) is 12.4. The van der Waals surface area contributed by atoms with Crippen molar-refractivity contribution in [2.24, 2.45) is 0 Å². The van der Waals surface area contributed by atoms with Gasteiger partial charge in [-0.1, -0.05) is 0 Å². The summed E-state index contributed by atoms with van der Waals surface area (Å²) in [5.74, 6) is 0. The molecule has 2 aromatic rings. The Balaban J connectivity index is 2.80. The summed E-state index contributed by atoms with van der Waals surface area (Å²) in [6.07, 6.45) is 0. The van der Waals surface area contributed by atoms with Crippen LogP contribution in [0.15, 0.2) is 36.4 Å². The van der Waals surface area contributed by atoms with Gasteiger partial charge in [-0.25, -0.2) is 0 Å². The minimum atomic E-state index is -2.15. The molecule has 2 heteroatoms. The van der Waals surface area contributed by atoms with Crippen LogP contribution in [0.25, 0.3) is 11.1 Å². The van der Waals surface area contributed by atoms with Gasteiger partial charge in [-0.3, -0.25) is 0 Å². The van der Waals surface area contributed by atoms with Gasteiger partial charge in [-0.2, -0.15) is 0 Å². The van der Waals surface area contributed by atoms with Crippen LogP contribution in [0.2, 0.25) is 29.6 Å². The zero-order chi connectivity index (χ0) is 16.7. The first-order chi connectivity index (χ1) is 10.00. The molecule has 0 N–H and O–H groups in total. The van der Waals surface area contributed by atoms with Crippen molar-refractivity contribution in [3.63, 3.8) is 0 Å². The molecule has 0 atom stereocenters. The van der Waals surface area contributed by atoms with Crippen LogP contribution in [0.5, 0.6) is 0 Å². The Bertz CT molecular complexity index is 686. The average Bonchev–Trinajstić information content (AvgIpc) is 2.36.